The number of fused-ring (bicyclic) bond motifs is 1. The second-order valence-corrected chi connectivity index (χ2v) is 8.00. The Balaban J connectivity index is 1.91. The number of rotatable bonds is 6. The highest BCUT2D eigenvalue weighted by molar-refractivity contribution is 5.74. The van der Waals surface area contributed by atoms with E-state index in [0.717, 1.165) is 51.7 Å². The van der Waals surface area contributed by atoms with Gasteiger partial charge in [0, 0.05) is 36.7 Å². The van der Waals surface area contributed by atoms with Crippen LogP contribution in [0.15, 0.2) is 24.3 Å². The van der Waals surface area contributed by atoms with Crippen molar-refractivity contribution in [2.24, 2.45) is 11.7 Å². The maximum Gasteiger partial charge on any atom is 0.272 e. The summed E-state index contributed by atoms with van der Waals surface area (Å²) in [5.41, 5.74) is 7.40. The van der Waals surface area contributed by atoms with E-state index in [-0.39, 0.29) is 17.9 Å². The Bertz CT molecular complexity index is 614. The van der Waals surface area contributed by atoms with Crippen molar-refractivity contribution in [3.05, 3.63) is 29.8 Å². The highest BCUT2D eigenvalue weighted by Gasteiger charge is 2.51. The zero-order chi connectivity index (χ0) is 18.7. The summed E-state index contributed by atoms with van der Waals surface area (Å²) in [6, 6.07) is 8.90. The van der Waals surface area contributed by atoms with E-state index in [2.05, 4.69) is 43.0 Å². The first-order valence-corrected chi connectivity index (χ1v) is 10.2. The number of quaternary nitrogens is 1. The first-order valence-electron chi connectivity index (χ1n) is 10.2. The van der Waals surface area contributed by atoms with Crippen LogP contribution in [0.25, 0.3) is 0 Å². The van der Waals surface area contributed by atoms with E-state index in [1.54, 1.807) is 0 Å². The monoisotopic (exact) mass is 360 g/mol. The van der Waals surface area contributed by atoms with Gasteiger partial charge in [-0.05, 0) is 38.8 Å². The van der Waals surface area contributed by atoms with Gasteiger partial charge in [0.1, 0.15) is 6.04 Å². The van der Waals surface area contributed by atoms with Crippen molar-refractivity contribution < 1.29 is 14.8 Å². The third-order valence-corrected chi connectivity index (χ3v) is 6.57. The first kappa shape index (κ1) is 19.2. The second-order valence-electron chi connectivity index (χ2n) is 8.00. The van der Waals surface area contributed by atoms with Gasteiger partial charge in [-0.1, -0.05) is 25.0 Å². The van der Waals surface area contributed by atoms with E-state index in [9.17, 15) is 9.90 Å². The largest absolute Gasteiger partial charge is 0.389 e. The van der Waals surface area contributed by atoms with Crippen LogP contribution in [0.4, 0.5) is 5.69 Å². The van der Waals surface area contributed by atoms with Gasteiger partial charge in [0.05, 0.1) is 12.1 Å². The van der Waals surface area contributed by atoms with Gasteiger partial charge in [-0.2, -0.15) is 0 Å². The highest BCUT2D eigenvalue weighted by atomic mass is 16.3. The van der Waals surface area contributed by atoms with Gasteiger partial charge >= 0.3 is 0 Å². The van der Waals surface area contributed by atoms with E-state index in [1.165, 1.54) is 16.2 Å². The van der Waals surface area contributed by atoms with E-state index < -0.39 is 5.60 Å². The van der Waals surface area contributed by atoms with Crippen LogP contribution < -0.4 is 15.5 Å². The quantitative estimate of drug-likeness (QED) is 0.715. The van der Waals surface area contributed by atoms with Crippen molar-refractivity contribution >= 4 is 11.6 Å². The van der Waals surface area contributed by atoms with E-state index in [0.29, 0.717) is 6.54 Å². The Hall–Kier alpha value is -1.59. The number of piperidine rings is 1. The van der Waals surface area contributed by atoms with Crippen molar-refractivity contribution in [2.45, 2.75) is 57.6 Å². The molecule has 0 spiro atoms. The second kappa shape index (κ2) is 7.97. The molecule has 2 fully saturated rings. The van der Waals surface area contributed by atoms with Crippen molar-refractivity contribution in [3.63, 3.8) is 0 Å². The number of nitrogens with one attached hydrogen (secondary N) is 1. The molecule has 0 radical (unpaired) electrons. The molecule has 3 rings (SSSR count). The topological polar surface area (TPSA) is 71.0 Å². The molecule has 1 unspecified atom stereocenters. The lowest BCUT2D eigenvalue weighted by Crippen LogP contribution is -3.16. The third-order valence-electron chi connectivity index (χ3n) is 6.57. The highest BCUT2D eigenvalue weighted by Crippen LogP contribution is 2.44. The van der Waals surface area contributed by atoms with Crippen LogP contribution in [-0.2, 0) is 4.79 Å². The number of likely N-dealkylation sites (tertiary alicyclic amines) is 1. The predicted molar refractivity (Wildman–Crippen MR) is 104 cm³/mol. The molecule has 1 aliphatic heterocycles. The molecule has 5 nitrogen and oxygen atoms in total. The summed E-state index contributed by atoms with van der Waals surface area (Å²) in [5.74, 6) is -0.0512. The Kier molecular flexibility index (Phi) is 5.88. The zero-order valence-corrected chi connectivity index (χ0v) is 16.2. The number of hydrogen-bond acceptors (Lipinski definition) is 3. The lowest BCUT2D eigenvalue weighted by atomic mass is 9.66. The molecule has 0 aromatic heterocycles. The van der Waals surface area contributed by atoms with Gasteiger partial charge in [-0.25, -0.2) is 0 Å². The lowest BCUT2D eigenvalue weighted by molar-refractivity contribution is -0.937. The number of aliphatic hydroxyl groups is 1. The maximum absolute atomic E-state index is 11.6. The third kappa shape index (κ3) is 3.74. The molecular weight excluding hydrogens is 326 g/mol. The summed E-state index contributed by atoms with van der Waals surface area (Å²) >= 11 is 0. The number of carbonyl (C=O) groups excluding carboxylic acids is 1. The molecule has 0 bridgehead atoms. The molecule has 1 aromatic rings. The number of benzene rings is 1. The van der Waals surface area contributed by atoms with Gasteiger partial charge in [0.25, 0.3) is 5.91 Å². The van der Waals surface area contributed by atoms with Crippen molar-refractivity contribution in [1.82, 2.24) is 0 Å². The summed E-state index contributed by atoms with van der Waals surface area (Å²) in [7, 11) is 0. The van der Waals surface area contributed by atoms with Crippen molar-refractivity contribution in [3.8, 4) is 0 Å². The summed E-state index contributed by atoms with van der Waals surface area (Å²) < 4.78 is 0. The van der Waals surface area contributed by atoms with Gasteiger partial charge in [0.2, 0.25) is 0 Å². The normalized spacial score (nSPS) is 31.3. The van der Waals surface area contributed by atoms with Gasteiger partial charge < -0.3 is 20.6 Å². The number of primary amides is 1. The average molecular weight is 361 g/mol. The number of anilines is 1. The summed E-state index contributed by atoms with van der Waals surface area (Å²) in [6.45, 7) is 7.45. The van der Waals surface area contributed by atoms with Gasteiger partial charge in [0.15, 0.2) is 6.54 Å². The number of amides is 1. The molecule has 144 valence electrons. The minimum Gasteiger partial charge on any atom is -0.389 e. The molecule has 1 saturated carbocycles. The minimum atomic E-state index is -0.582. The molecule has 26 heavy (non-hydrogen) atoms. The summed E-state index contributed by atoms with van der Waals surface area (Å²) in [4.78, 5) is 15.2. The SMILES string of the molecule is CCN(CC)c1ccc([C@@H]2[C@@H]3CCCC[C@]3(O)CC[NH+]2CC(N)=O)cc1. The summed E-state index contributed by atoms with van der Waals surface area (Å²) in [6.07, 6.45) is 4.95. The molecule has 1 heterocycles. The molecule has 1 aliphatic carbocycles. The summed E-state index contributed by atoms with van der Waals surface area (Å²) in [5, 5.41) is 11.3. The molecule has 1 saturated heterocycles. The van der Waals surface area contributed by atoms with Crippen LogP contribution in [0.5, 0.6) is 0 Å². The lowest BCUT2D eigenvalue weighted by Gasteiger charge is -2.50. The minimum absolute atomic E-state index is 0.146. The molecule has 1 aromatic carbocycles. The number of carbonyl (C=O) groups is 1. The molecule has 5 heteroatoms. The Morgan fingerprint density at radius 3 is 2.54 bits per heavy atom. The van der Waals surface area contributed by atoms with Crippen LogP contribution in [0.2, 0.25) is 0 Å². The van der Waals surface area contributed by atoms with Crippen molar-refractivity contribution in [2.75, 3.05) is 31.1 Å². The molecule has 1 amide bonds. The molecule has 4 N–H and O–H groups in total. The van der Waals surface area contributed by atoms with Gasteiger partial charge in [-0.3, -0.25) is 4.79 Å². The van der Waals surface area contributed by atoms with Crippen LogP contribution in [0.3, 0.4) is 0 Å². The fourth-order valence-corrected chi connectivity index (χ4v) is 5.23. The van der Waals surface area contributed by atoms with E-state index in [1.807, 2.05) is 0 Å². The van der Waals surface area contributed by atoms with Crippen molar-refractivity contribution in [1.29, 1.82) is 0 Å². The number of nitrogens with two attached hydrogens (primary N) is 1. The smallest absolute Gasteiger partial charge is 0.272 e. The number of nitrogens with zero attached hydrogens (tertiary/aromatic N) is 1. The van der Waals surface area contributed by atoms with E-state index >= 15 is 0 Å². The zero-order valence-electron chi connectivity index (χ0n) is 16.2. The van der Waals surface area contributed by atoms with Crippen LogP contribution in [-0.4, -0.2) is 42.8 Å². The van der Waals surface area contributed by atoms with Gasteiger partial charge in [-0.15, -0.1) is 0 Å². The molecule has 4 atom stereocenters. The van der Waals surface area contributed by atoms with E-state index in [4.69, 9.17) is 5.73 Å². The molecular formula is C21H34N3O2+. The average Bonchev–Trinajstić information content (AvgIpc) is 2.63. The fourth-order valence-electron chi connectivity index (χ4n) is 5.23. The molecule has 2 aliphatic rings. The standard InChI is InChI=1S/C21H33N3O2/c1-3-23(4-2)17-10-8-16(9-11-17)20-18-7-5-6-12-21(18,26)13-14-24(20)15-19(22)25/h8-11,18,20,26H,3-7,12-15H2,1-2H3,(H2,22,25)/p+1/t18-,20+,21-/m0/s1. The fraction of sp³-hybridized carbons (Fsp3) is 0.667. The van der Waals surface area contributed by atoms with Crippen LogP contribution in [0.1, 0.15) is 57.6 Å². The Labute approximate surface area is 157 Å². The van der Waals surface area contributed by atoms with Crippen LogP contribution in [0, 0.1) is 5.92 Å². The first-order chi connectivity index (χ1) is 12.5. The maximum atomic E-state index is 11.6. The number of hydrogen-bond donors (Lipinski definition) is 3. The predicted octanol–water partition coefficient (Wildman–Crippen LogP) is 1.27. The van der Waals surface area contributed by atoms with Crippen LogP contribution >= 0.6 is 0 Å². The Morgan fingerprint density at radius 2 is 1.92 bits per heavy atom. The Morgan fingerprint density at radius 1 is 1.23 bits per heavy atom.